The Morgan fingerprint density at radius 3 is 2.76 bits per heavy atom. The molecule has 0 amide bonds. The summed E-state index contributed by atoms with van der Waals surface area (Å²) in [5.41, 5.74) is 0. The molecule has 1 aliphatic carbocycles. The molecule has 3 heteroatoms. The zero-order valence-electron chi connectivity index (χ0n) is 11.3. The second-order valence-corrected chi connectivity index (χ2v) is 5.68. The minimum absolute atomic E-state index is 0.128. The molecule has 0 spiro atoms. The molecule has 0 bridgehead atoms. The van der Waals surface area contributed by atoms with Gasteiger partial charge < -0.3 is 9.84 Å². The van der Waals surface area contributed by atoms with E-state index in [1.165, 1.54) is 19.3 Å². The average molecular weight is 241 g/mol. The highest BCUT2D eigenvalue weighted by Gasteiger charge is 2.35. The van der Waals surface area contributed by atoms with Crippen LogP contribution in [0, 0.1) is 0 Å². The highest BCUT2D eigenvalue weighted by atomic mass is 16.5. The molecule has 17 heavy (non-hydrogen) atoms. The topological polar surface area (TPSA) is 32.7 Å². The van der Waals surface area contributed by atoms with E-state index in [0.29, 0.717) is 18.2 Å². The van der Waals surface area contributed by atoms with E-state index in [1.807, 2.05) is 0 Å². The Morgan fingerprint density at radius 1 is 1.24 bits per heavy atom. The first-order valence-electron chi connectivity index (χ1n) is 7.27. The maximum Gasteiger partial charge on any atom is 0.0695 e. The fourth-order valence-electron chi connectivity index (χ4n) is 3.28. The molecule has 0 aromatic rings. The van der Waals surface area contributed by atoms with Gasteiger partial charge >= 0.3 is 0 Å². The van der Waals surface area contributed by atoms with Crippen molar-refractivity contribution < 1.29 is 9.84 Å². The van der Waals surface area contributed by atoms with Crippen LogP contribution in [0.1, 0.15) is 52.4 Å². The van der Waals surface area contributed by atoms with Gasteiger partial charge in [-0.15, -0.1) is 0 Å². The lowest BCUT2D eigenvalue weighted by atomic mass is 9.99. The van der Waals surface area contributed by atoms with E-state index in [-0.39, 0.29) is 6.10 Å². The van der Waals surface area contributed by atoms with Gasteiger partial charge in [0.25, 0.3) is 0 Å². The van der Waals surface area contributed by atoms with Crippen molar-refractivity contribution in [1.29, 1.82) is 0 Å². The van der Waals surface area contributed by atoms with Crippen LogP contribution in [0.2, 0.25) is 0 Å². The maximum atomic E-state index is 10.3. The van der Waals surface area contributed by atoms with Crippen molar-refractivity contribution in [2.75, 3.05) is 13.2 Å². The number of ether oxygens (including phenoxy) is 1. The molecule has 100 valence electrons. The van der Waals surface area contributed by atoms with Gasteiger partial charge in [0.2, 0.25) is 0 Å². The highest BCUT2D eigenvalue weighted by molar-refractivity contribution is 4.88. The van der Waals surface area contributed by atoms with Crippen molar-refractivity contribution in [2.24, 2.45) is 0 Å². The fourth-order valence-corrected chi connectivity index (χ4v) is 3.28. The predicted octanol–water partition coefficient (Wildman–Crippen LogP) is 2.18. The van der Waals surface area contributed by atoms with E-state index >= 15 is 0 Å². The van der Waals surface area contributed by atoms with Crippen LogP contribution in [0.3, 0.4) is 0 Å². The van der Waals surface area contributed by atoms with Gasteiger partial charge in [-0.25, -0.2) is 0 Å². The lowest BCUT2D eigenvalue weighted by Crippen LogP contribution is -2.56. The molecule has 1 N–H and O–H groups in total. The molecule has 0 radical (unpaired) electrons. The summed E-state index contributed by atoms with van der Waals surface area (Å²) in [4.78, 5) is 2.53. The third kappa shape index (κ3) is 3.21. The first-order valence-corrected chi connectivity index (χ1v) is 7.27. The van der Waals surface area contributed by atoms with Crippen LogP contribution in [0.15, 0.2) is 0 Å². The summed E-state index contributed by atoms with van der Waals surface area (Å²) in [6.07, 6.45) is 7.18. The van der Waals surface area contributed by atoms with Gasteiger partial charge in [0, 0.05) is 18.6 Å². The Balaban J connectivity index is 2.05. The largest absolute Gasteiger partial charge is 0.391 e. The van der Waals surface area contributed by atoms with Crippen molar-refractivity contribution in [1.82, 2.24) is 4.90 Å². The molecule has 4 unspecified atom stereocenters. The van der Waals surface area contributed by atoms with Crippen molar-refractivity contribution in [3.8, 4) is 0 Å². The SMILES string of the molecule is CCC1COC(C)CN1C1CCCCCC1O. The molecule has 1 saturated heterocycles. The molecule has 0 aromatic carbocycles. The number of hydrogen-bond acceptors (Lipinski definition) is 3. The van der Waals surface area contributed by atoms with Gasteiger partial charge in [0.05, 0.1) is 18.8 Å². The van der Waals surface area contributed by atoms with Crippen molar-refractivity contribution in [2.45, 2.75) is 76.7 Å². The predicted molar refractivity (Wildman–Crippen MR) is 69.1 cm³/mol. The molecule has 4 atom stereocenters. The van der Waals surface area contributed by atoms with Gasteiger partial charge in [-0.3, -0.25) is 4.90 Å². The minimum atomic E-state index is -0.128. The summed E-state index contributed by atoms with van der Waals surface area (Å²) >= 11 is 0. The first kappa shape index (κ1) is 13.3. The van der Waals surface area contributed by atoms with Crippen LogP contribution in [0.5, 0.6) is 0 Å². The Labute approximate surface area is 105 Å². The number of morpholine rings is 1. The molecular weight excluding hydrogens is 214 g/mol. The summed E-state index contributed by atoms with van der Waals surface area (Å²) in [6, 6.07) is 0.873. The molecular formula is C14H27NO2. The van der Waals surface area contributed by atoms with E-state index < -0.39 is 0 Å². The molecule has 2 aliphatic rings. The lowest BCUT2D eigenvalue weighted by molar-refractivity contribution is -0.0938. The number of aliphatic hydroxyl groups is 1. The number of aliphatic hydroxyl groups excluding tert-OH is 1. The van der Waals surface area contributed by atoms with E-state index in [1.54, 1.807) is 0 Å². The van der Waals surface area contributed by atoms with Crippen molar-refractivity contribution in [3.63, 3.8) is 0 Å². The van der Waals surface area contributed by atoms with Gasteiger partial charge in [-0.05, 0) is 26.2 Å². The smallest absolute Gasteiger partial charge is 0.0695 e. The molecule has 3 nitrogen and oxygen atoms in total. The molecule has 1 heterocycles. The average Bonchev–Trinajstić information content (AvgIpc) is 2.54. The van der Waals surface area contributed by atoms with E-state index in [9.17, 15) is 5.11 Å². The quantitative estimate of drug-likeness (QED) is 0.752. The summed E-state index contributed by atoms with van der Waals surface area (Å²) in [5, 5.41) is 10.3. The van der Waals surface area contributed by atoms with Crippen LogP contribution in [-0.2, 0) is 4.74 Å². The van der Waals surface area contributed by atoms with Crippen LogP contribution >= 0.6 is 0 Å². The van der Waals surface area contributed by atoms with Crippen LogP contribution in [-0.4, -0.2) is 47.4 Å². The van der Waals surface area contributed by atoms with Crippen molar-refractivity contribution >= 4 is 0 Å². The third-order valence-electron chi connectivity index (χ3n) is 4.35. The number of nitrogens with zero attached hydrogens (tertiary/aromatic N) is 1. The standard InChI is InChI=1S/C14H27NO2/c1-3-12-10-17-11(2)9-15(12)13-7-5-4-6-8-14(13)16/h11-14,16H,3-10H2,1-2H3. The number of rotatable bonds is 2. The Bertz CT molecular complexity index is 234. The summed E-state index contributed by atoms with van der Waals surface area (Å²) in [5.74, 6) is 0. The summed E-state index contributed by atoms with van der Waals surface area (Å²) in [7, 11) is 0. The fraction of sp³-hybridized carbons (Fsp3) is 1.00. The zero-order valence-corrected chi connectivity index (χ0v) is 11.3. The molecule has 2 rings (SSSR count). The first-order chi connectivity index (χ1) is 8.22. The van der Waals surface area contributed by atoms with Crippen LogP contribution < -0.4 is 0 Å². The van der Waals surface area contributed by atoms with Crippen LogP contribution in [0.25, 0.3) is 0 Å². The van der Waals surface area contributed by atoms with Gasteiger partial charge in [0.15, 0.2) is 0 Å². The van der Waals surface area contributed by atoms with Gasteiger partial charge in [0.1, 0.15) is 0 Å². The second-order valence-electron chi connectivity index (χ2n) is 5.68. The Morgan fingerprint density at radius 2 is 2.00 bits per heavy atom. The second kappa shape index (κ2) is 6.17. The Kier molecular flexibility index (Phi) is 4.83. The van der Waals surface area contributed by atoms with E-state index in [2.05, 4.69) is 18.7 Å². The monoisotopic (exact) mass is 241 g/mol. The summed E-state index contributed by atoms with van der Waals surface area (Å²) < 4.78 is 5.75. The third-order valence-corrected chi connectivity index (χ3v) is 4.35. The zero-order chi connectivity index (χ0) is 12.3. The summed E-state index contributed by atoms with van der Waals surface area (Å²) in [6.45, 7) is 6.18. The Hall–Kier alpha value is -0.120. The minimum Gasteiger partial charge on any atom is -0.391 e. The maximum absolute atomic E-state index is 10.3. The molecule has 1 saturated carbocycles. The van der Waals surface area contributed by atoms with Crippen molar-refractivity contribution in [3.05, 3.63) is 0 Å². The van der Waals surface area contributed by atoms with Gasteiger partial charge in [-0.1, -0.05) is 26.2 Å². The number of hydrogen-bond donors (Lipinski definition) is 1. The van der Waals surface area contributed by atoms with E-state index in [4.69, 9.17) is 4.74 Å². The lowest BCUT2D eigenvalue weighted by Gasteiger charge is -2.44. The van der Waals surface area contributed by atoms with Crippen LogP contribution in [0.4, 0.5) is 0 Å². The van der Waals surface area contributed by atoms with Gasteiger partial charge in [-0.2, -0.15) is 0 Å². The highest BCUT2D eigenvalue weighted by Crippen LogP contribution is 2.27. The molecule has 1 aliphatic heterocycles. The molecule has 0 aromatic heterocycles. The normalized spacial score (nSPS) is 41.1. The van der Waals surface area contributed by atoms with E-state index in [0.717, 1.165) is 32.4 Å². The molecule has 2 fully saturated rings.